The molecular weight excluding hydrogens is 282 g/mol. The van der Waals surface area contributed by atoms with Crippen molar-refractivity contribution in [3.8, 4) is 16.2 Å². The Morgan fingerprint density at radius 3 is 2.35 bits per heavy atom. The summed E-state index contributed by atoms with van der Waals surface area (Å²) in [6.45, 7) is 10.8. The van der Waals surface area contributed by atoms with Gasteiger partial charge in [0.1, 0.15) is 11.4 Å². The van der Waals surface area contributed by atoms with E-state index in [1.165, 1.54) is 15.6 Å². The van der Waals surface area contributed by atoms with Crippen molar-refractivity contribution in [2.45, 2.75) is 39.5 Å². The van der Waals surface area contributed by atoms with Crippen LogP contribution in [0.2, 0.25) is 13.1 Å². The maximum atomic E-state index is 6.41. The summed E-state index contributed by atoms with van der Waals surface area (Å²) in [6.07, 6.45) is 0. The molecule has 0 saturated heterocycles. The molecule has 0 spiro atoms. The van der Waals surface area contributed by atoms with Gasteiger partial charge in [-0.2, -0.15) is 0 Å². The summed E-state index contributed by atoms with van der Waals surface area (Å²) in [5.41, 5.74) is 8.29. The molecule has 0 aliphatic rings. The molecule has 0 atom stereocenters. The van der Waals surface area contributed by atoms with Crippen LogP contribution in [0.3, 0.4) is 0 Å². The monoisotopic (exact) mass is 305 g/mol. The Morgan fingerprint density at radius 2 is 1.85 bits per heavy atom. The molecule has 0 unspecified atom stereocenters. The zero-order valence-corrected chi connectivity index (χ0v) is 14.8. The first-order valence-electron chi connectivity index (χ1n) is 6.95. The predicted molar refractivity (Wildman–Crippen MR) is 93.1 cm³/mol. The summed E-state index contributed by atoms with van der Waals surface area (Å²) in [7, 11) is -1.05. The first kappa shape index (κ1) is 15.1. The van der Waals surface area contributed by atoms with Crippen molar-refractivity contribution in [2.24, 2.45) is 0 Å². The van der Waals surface area contributed by atoms with Crippen LogP contribution >= 0.6 is 11.3 Å². The fourth-order valence-electron chi connectivity index (χ4n) is 2.30. The van der Waals surface area contributed by atoms with Crippen LogP contribution in [0, 0.1) is 0 Å². The highest BCUT2D eigenvalue weighted by molar-refractivity contribution is 7.13. The van der Waals surface area contributed by atoms with E-state index >= 15 is 0 Å². The number of hydrogen-bond acceptors (Lipinski definition) is 3. The molecule has 0 fully saturated rings. The molecule has 2 rings (SSSR count). The highest BCUT2D eigenvalue weighted by Crippen LogP contribution is 2.31. The zero-order valence-electron chi connectivity index (χ0n) is 12.9. The first-order chi connectivity index (χ1) is 9.29. The molecular formula is C16H23NOSSi. The molecule has 0 aliphatic heterocycles. The number of benzene rings is 1. The van der Waals surface area contributed by atoms with Crippen molar-refractivity contribution in [3.05, 3.63) is 29.6 Å². The molecule has 1 heterocycles. The van der Waals surface area contributed by atoms with E-state index in [4.69, 9.17) is 10.5 Å². The lowest BCUT2D eigenvalue weighted by atomic mass is 10.1. The van der Waals surface area contributed by atoms with Gasteiger partial charge in [-0.25, -0.2) is 0 Å². The van der Waals surface area contributed by atoms with Crippen LogP contribution in [0.25, 0.3) is 10.4 Å². The predicted octanol–water partition coefficient (Wildman–Crippen LogP) is 3.87. The summed E-state index contributed by atoms with van der Waals surface area (Å²) in [6, 6.07) is 8.41. The third-order valence-corrected chi connectivity index (χ3v) is 5.71. The summed E-state index contributed by atoms with van der Waals surface area (Å²) in [5, 5.41) is 3.42. The summed E-state index contributed by atoms with van der Waals surface area (Å²) in [4.78, 5) is 1.29. The molecule has 108 valence electrons. The van der Waals surface area contributed by atoms with Gasteiger partial charge in [0.05, 0.1) is 14.5 Å². The van der Waals surface area contributed by atoms with Gasteiger partial charge in [-0.1, -0.05) is 19.2 Å². The SMILES string of the molecule is C[SiH](C)c1c(-c2cccs2)ccc(OC(C)(C)C)c1N. The Kier molecular flexibility index (Phi) is 4.25. The fourth-order valence-corrected chi connectivity index (χ4v) is 4.81. The van der Waals surface area contributed by atoms with Crippen LogP contribution in [-0.2, 0) is 0 Å². The molecule has 1 aromatic heterocycles. The Hall–Kier alpha value is -1.26. The maximum absolute atomic E-state index is 6.41. The van der Waals surface area contributed by atoms with E-state index in [2.05, 4.69) is 36.7 Å². The number of rotatable bonds is 3. The van der Waals surface area contributed by atoms with Crippen molar-refractivity contribution in [1.29, 1.82) is 0 Å². The second-order valence-corrected chi connectivity index (χ2v) is 10.1. The van der Waals surface area contributed by atoms with Gasteiger partial charge in [-0.05, 0) is 55.1 Å². The van der Waals surface area contributed by atoms with Crippen LogP contribution < -0.4 is 15.7 Å². The molecule has 2 aromatic rings. The zero-order chi connectivity index (χ0) is 14.9. The van der Waals surface area contributed by atoms with E-state index in [1.807, 2.05) is 26.8 Å². The lowest BCUT2D eigenvalue weighted by Gasteiger charge is -2.25. The first-order valence-corrected chi connectivity index (χ1v) is 10.7. The minimum Gasteiger partial charge on any atom is -0.486 e. The maximum Gasteiger partial charge on any atom is 0.142 e. The Morgan fingerprint density at radius 1 is 1.15 bits per heavy atom. The van der Waals surface area contributed by atoms with Crippen molar-refractivity contribution in [2.75, 3.05) is 5.73 Å². The van der Waals surface area contributed by atoms with E-state index in [9.17, 15) is 0 Å². The Balaban J connectivity index is 2.55. The number of thiophene rings is 1. The van der Waals surface area contributed by atoms with Gasteiger partial charge in [0.25, 0.3) is 0 Å². The topological polar surface area (TPSA) is 35.2 Å². The average Bonchev–Trinajstić information content (AvgIpc) is 2.82. The quantitative estimate of drug-likeness (QED) is 0.690. The third-order valence-electron chi connectivity index (χ3n) is 3.03. The van der Waals surface area contributed by atoms with Gasteiger partial charge < -0.3 is 10.5 Å². The van der Waals surface area contributed by atoms with E-state index in [-0.39, 0.29) is 5.60 Å². The Bertz CT molecular complexity index is 585. The molecule has 0 amide bonds. The molecule has 1 aromatic carbocycles. The van der Waals surface area contributed by atoms with Gasteiger partial charge in [0.2, 0.25) is 0 Å². The van der Waals surface area contributed by atoms with Gasteiger partial charge in [-0.3, -0.25) is 0 Å². The van der Waals surface area contributed by atoms with Crippen molar-refractivity contribution < 1.29 is 4.74 Å². The smallest absolute Gasteiger partial charge is 0.142 e. The average molecular weight is 306 g/mol. The molecule has 2 N–H and O–H groups in total. The van der Waals surface area contributed by atoms with Gasteiger partial charge in [0.15, 0.2) is 0 Å². The molecule has 2 nitrogen and oxygen atoms in total. The van der Waals surface area contributed by atoms with Crippen LogP contribution in [0.5, 0.6) is 5.75 Å². The molecule has 0 aliphatic carbocycles. The lowest BCUT2D eigenvalue weighted by Crippen LogP contribution is -2.30. The fraction of sp³-hybridized carbons (Fsp3) is 0.375. The van der Waals surface area contributed by atoms with Gasteiger partial charge in [0, 0.05) is 4.88 Å². The van der Waals surface area contributed by atoms with E-state index in [0.717, 1.165) is 11.4 Å². The minimum atomic E-state index is -1.05. The normalized spacial score (nSPS) is 11.9. The number of anilines is 1. The third kappa shape index (κ3) is 3.25. The van der Waals surface area contributed by atoms with E-state index in [0.29, 0.717) is 0 Å². The number of nitrogen functional groups attached to an aromatic ring is 1. The largest absolute Gasteiger partial charge is 0.486 e. The van der Waals surface area contributed by atoms with Crippen molar-refractivity contribution in [1.82, 2.24) is 0 Å². The molecule has 0 saturated carbocycles. The highest BCUT2D eigenvalue weighted by Gasteiger charge is 2.20. The second-order valence-electron chi connectivity index (χ2n) is 6.29. The summed E-state index contributed by atoms with van der Waals surface area (Å²) >= 11 is 1.76. The molecule has 0 bridgehead atoms. The van der Waals surface area contributed by atoms with Crippen molar-refractivity contribution >= 4 is 31.0 Å². The molecule has 20 heavy (non-hydrogen) atoms. The van der Waals surface area contributed by atoms with E-state index in [1.54, 1.807) is 11.3 Å². The van der Waals surface area contributed by atoms with E-state index < -0.39 is 8.80 Å². The summed E-state index contributed by atoms with van der Waals surface area (Å²) in [5.74, 6) is 0.814. The minimum absolute atomic E-state index is 0.228. The van der Waals surface area contributed by atoms with Gasteiger partial charge in [-0.15, -0.1) is 11.3 Å². The van der Waals surface area contributed by atoms with Crippen molar-refractivity contribution in [3.63, 3.8) is 0 Å². The lowest BCUT2D eigenvalue weighted by molar-refractivity contribution is 0.132. The number of ether oxygens (including phenoxy) is 1. The number of hydrogen-bond donors (Lipinski definition) is 1. The molecule has 4 heteroatoms. The standard InChI is InChI=1S/C16H23NOSSi/c1-16(2,3)18-12-9-8-11(13-7-6-10-19-13)15(14(12)17)20(4)5/h6-10,20H,17H2,1-5H3. The Labute approximate surface area is 127 Å². The van der Waals surface area contributed by atoms with Crippen LogP contribution in [0.4, 0.5) is 5.69 Å². The van der Waals surface area contributed by atoms with Gasteiger partial charge >= 0.3 is 0 Å². The van der Waals surface area contributed by atoms with Crippen LogP contribution in [0.1, 0.15) is 20.8 Å². The summed E-state index contributed by atoms with van der Waals surface area (Å²) < 4.78 is 6.00. The van der Waals surface area contributed by atoms with Crippen LogP contribution in [-0.4, -0.2) is 14.4 Å². The number of nitrogens with two attached hydrogens (primary N) is 1. The highest BCUT2D eigenvalue weighted by atomic mass is 32.1. The molecule has 0 radical (unpaired) electrons. The second kappa shape index (κ2) is 5.62. The van der Waals surface area contributed by atoms with Crippen LogP contribution in [0.15, 0.2) is 29.6 Å².